The molecule has 2 atom stereocenters. The van der Waals surface area contributed by atoms with Crippen LogP contribution in [0, 0.1) is 0 Å². The number of imide groups is 1. The Balaban J connectivity index is 1.29. The Morgan fingerprint density at radius 2 is 2.13 bits per heavy atom. The van der Waals surface area contributed by atoms with E-state index in [1.807, 2.05) is 18.2 Å². The van der Waals surface area contributed by atoms with Crippen molar-refractivity contribution >= 4 is 39.4 Å². The molecule has 2 saturated heterocycles. The van der Waals surface area contributed by atoms with Gasteiger partial charge >= 0.3 is 6.03 Å². The summed E-state index contributed by atoms with van der Waals surface area (Å²) in [5.41, 5.74) is -0.325. The molecule has 3 aromatic rings. The topological polar surface area (TPSA) is 95.8 Å². The van der Waals surface area contributed by atoms with E-state index >= 15 is 0 Å². The standard InChI is InChI=1S/C22H22N4O4S/c1-22(17-9-5-11-30-17)20(28)26(21(29)24-22)13-18(27)25-10-4-6-14(12-25)19-23-15-7-2-3-8-16(15)31-19/h2-3,5,7-9,11,14H,4,6,10,12-13H2,1H3,(H,24,29)/t14-,22-/m0/s1. The van der Waals surface area contributed by atoms with Gasteiger partial charge in [-0.3, -0.25) is 14.5 Å². The highest BCUT2D eigenvalue weighted by Crippen LogP contribution is 2.33. The average molecular weight is 439 g/mol. The summed E-state index contributed by atoms with van der Waals surface area (Å²) in [5, 5.41) is 3.68. The first-order chi connectivity index (χ1) is 15.0. The summed E-state index contributed by atoms with van der Waals surface area (Å²) in [6.45, 7) is 2.45. The van der Waals surface area contributed by atoms with Crippen LogP contribution in [-0.2, 0) is 15.1 Å². The van der Waals surface area contributed by atoms with Crippen LogP contribution < -0.4 is 5.32 Å². The fourth-order valence-electron chi connectivity index (χ4n) is 4.28. The van der Waals surface area contributed by atoms with Crippen LogP contribution in [0.4, 0.5) is 4.79 Å². The number of amides is 4. The highest BCUT2D eigenvalue weighted by atomic mass is 32.1. The Hall–Kier alpha value is -3.20. The number of hydrogen-bond donors (Lipinski definition) is 1. The first kappa shape index (κ1) is 19.7. The third-order valence-corrected chi connectivity index (χ3v) is 7.21. The van der Waals surface area contributed by atoms with Gasteiger partial charge in [-0.25, -0.2) is 9.78 Å². The smallest absolute Gasteiger partial charge is 0.325 e. The normalized spacial score (nSPS) is 24.1. The number of carbonyl (C=O) groups excluding carboxylic acids is 3. The summed E-state index contributed by atoms with van der Waals surface area (Å²) < 4.78 is 6.47. The van der Waals surface area contributed by atoms with Gasteiger partial charge in [0.25, 0.3) is 5.91 Å². The number of fused-ring (bicyclic) bond motifs is 1. The molecule has 2 aliphatic heterocycles. The zero-order chi connectivity index (χ0) is 21.6. The fraction of sp³-hybridized carbons (Fsp3) is 0.364. The van der Waals surface area contributed by atoms with Crippen molar-refractivity contribution in [1.29, 1.82) is 0 Å². The lowest BCUT2D eigenvalue weighted by atomic mass is 9.98. The number of nitrogens with zero attached hydrogens (tertiary/aromatic N) is 3. The number of urea groups is 1. The van der Waals surface area contributed by atoms with Crippen LogP contribution in [0.3, 0.4) is 0 Å². The number of carbonyl (C=O) groups is 3. The van der Waals surface area contributed by atoms with E-state index in [0.717, 1.165) is 33.0 Å². The van der Waals surface area contributed by atoms with Crippen LogP contribution in [0.2, 0.25) is 0 Å². The first-order valence-electron chi connectivity index (χ1n) is 10.3. The second-order valence-electron chi connectivity index (χ2n) is 8.12. The van der Waals surface area contributed by atoms with E-state index in [-0.39, 0.29) is 18.4 Å². The maximum atomic E-state index is 13.0. The van der Waals surface area contributed by atoms with Gasteiger partial charge in [-0.05, 0) is 44.0 Å². The zero-order valence-electron chi connectivity index (χ0n) is 17.0. The Labute approximate surface area is 182 Å². The van der Waals surface area contributed by atoms with Gasteiger partial charge in [-0.15, -0.1) is 11.3 Å². The number of nitrogens with one attached hydrogen (secondary N) is 1. The van der Waals surface area contributed by atoms with Crippen LogP contribution in [-0.4, -0.2) is 52.3 Å². The number of piperidine rings is 1. The summed E-state index contributed by atoms with van der Waals surface area (Å²) in [6.07, 6.45) is 3.27. The molecule has 9 heteroatoms. The van der Waals surface area contributed by atoms with Gasteiger partial charge in [-0.1, -0.05) is 12.1 Å². The molecular formula is C22H22N4O4S. The molecule has 5 rings (SSSR count). The third-order valence-electron chi connectivity index (χ3n) is 6.02. The molecule has 2 aliphatic rings. The molecule has 1 aromatic carbocycles. The minimum absolute atomic E-state index is 0.159. The van der Waals surface area contributed by atoms with Gasteiger partial charge in [0.1, 0.15) is 12.3 Å². The summed E-state index contributed by atoms with van der Waals surface area (Å²) in [5.74, 6) is -0.222. The number of aromatic nitrogens is 1. The van der Waals surface area contributed by atoms with Crippen LogP contribution in [0.1, 0.15) is 36.5 Å². The predicted octanol–water partition coefficient (Wildman–Crippen LogP) is 3.06. The molecule has 4 heterocycles. The Bertz CT molecular complexity index is 1120. The molecule has 4 amide bonds. The number of benzene rings is 1. The highest BCUT2D eigenvalue weighted by molar-refractivity contribution is 7.18. The Morgan fingerprint density at radius 1 is 1.29 bits per heavy atom. The van der Waals surface area contributed by atoms with Crippen LogP contribution in [0.5, 0.6) is 0 Å². The average Bonchev–Trinajstić information content (AvgIpc) is 3.50. The summed E-state index contributed by atoms with van der Waals surface area (Å²) in [6, 6.07) is 10.7. The second kappa shape index (κ2) is 7.49. The Kier molecular flexibility index (Phi) is 4.77. The molecule has 2 aromatic heterocycles. The van der Waals surface area contributed by atoms with Gasteiger partial charge in [0, 0.05) is 19.0 Å². The molecule has 0 unspecified atom stereocenters. The van der Waals surface area contributed by atoms with E-state index in [4.69, 9.17) is 9.40 Å². The molecule has 1 N–H and O–H groups in total. The lowest BCUT2D eigenvalue weighted by Gasteiger charge is -2.32. The van der Waals surface area contributed by atoms with E-state index in [2.05, 4.69) is 11.4 Å². The van der Waals surface area contributed by atoms with Crippen LogP contribution >= 0.6 is 11.3 Å². The van der Waals surface area contributed by atoms with Gasteiger partial charge in [0.15, 0.2) is 5.54 Å². The summed E-state index contributed by atoms with van der Waals surface area (Å²) in [4.78, 5) is 45.9. The SMILES string of the molecule is C[C@@]1(c2ccco2)NC(=O)N(CC(=O)N2CCC[C@H](c3nc4ccccc4s3)C2)C1=O. The van der Waals surface area contributed by atoms with Crippen molar-refractivity contribution in [2.45, 2.75) is 31.2 Å². The molecular weight excluding hydrogens is 416 g/mol. The van der Waals surface area contributed by atoms with E-state index in [9.17, 15) is 14.4 Å². The van der Waals surface area contributed by atoms with Crippen molar-refractivity contribution in [3.05, 3.63) is 53.4 Å². The van der Waals surface area contributed by atoms with Crippen LogP contribution in [0.15, 0.2) is 47.1 Å². The maximum Gasteiger partial charge on any atom is 0.325 e. The summed E-state index contributed by atoms with van der Waals surface area (Å²) >= 11 is 1.66. The monoisotopic (exact) mass is 438 g/mol. The highest BCUT2D eigenvalue weighted by Gasteiger charge is 2.51. The lowest BCUT2D eigenvalue weighted by molar-refractivity contribution is -0.139. The molecule has 160 valence electrons. The number of likely N-dealkylation sites (tertiary alicyclic amines) is 1. The largest absolute Gasteiger partial charge is 0.466 e. The van der Waals surface area contributed by atoms with Crippen molar-refractivity contribution in [2.75, 3.05) is 19.6 Å². The number of furan rings is 1. The van der Waals surface area contributed by atoms with Crippen molar-refractivity contribution in [2.24, 2.45) is 0 Å². The molecule has 0 bridgehead atoms. The molecule has 0 spiro atoms. The predicted molar refractivity (Wildman–Crippen MR) is 114 cm³/mol. The van der Waals surface area contributed by atoms with Crippen molar-refractivity contribution in [3.63, 3.8) is 0 Å². The molecule has 31 heavy (non-hydrogen) atoms. The molecule has 0 saturated carbocycles. The number of thiazole rings is 1. The zero-order valence-corrected chi connectivity index (χ0v) is 17.9. The van der Waals surface area contributed by atoms with Crippen molar-refractivity contribution in [3.8, 4) is 0 Å². The lowest BCUT2D eigenvalue weighted by Crippen LogP contribution is -2.47. The second-order valence-corrected chi connectivity index (χ2v) is 9.18. The van der Waals surface area contributed by atoms with E-state index < -0.39 is 17.5 Å². The summed E-state index contributed by atoms with van der Waals surface area (Å²) in [7, 11) is 0. The van der Waals surface area contributed by atoms with Crippen molar-refractivity contribution < 1.29 is 18.8 Å². The number of hydrogen-bond acceptors (Lipinski definition) is 6. The van der Waals surface area contributed by atoms with E-state index in [0.29, 0.717) is 18.8 Å². The molecule has 8 nitrogen and oxygen atoms in total. The van der Waals surface area contributed by atoms with Gasteiger partial charge in [-0.2, -0.15) is 0 Å². The molecule has 0 radical (unpaired) electrons. The quantitative estimate of drug-likeness (QED) is 0.632. The van der Waals surface area contributed by atoms with Gasteiger partial charge < -0.3 is 14.6 Å². The minimum Gasteiger partial charge on any atom is -0.466 e. The van der Waals surface area contributed by atoms with Gasteiger partial charge in [0.2, 0.25) is 5.91 Å². The Morgan fingerprint density at radius 3 is 2.90 bits per heavy atom. The van der Waals surface area contributed by atoms with E-state index in [1.54, 1.807) is 35.3 Å². The first-order valence-corrected chi connectivity index (χ1v) is 11.1. The van der Waals surface area contributed by atoms with Crippen LogP contribution in [0.25, 0.3) is 10.2 Å². The molecule has 2 fully saturated rings. The van der Waals surface area contributed by atoms with Crippen molar-refractivity contribution in [1.82, 2.24) is 20.1 Å². The maximum absolute atomic E-state index is 13.0. The number of para-hydroxylation sites is 1. The number of rotatable bonds is 4. The van der Waals surface area contributed by atoms with E-state index in [1.165, 1.54) is 6.26 Å². The van der Waals surface area contributed by atoms with Gasteiger partial charge in [0.05, 0.1) is 21.5 Å². The minimum atomic E-state index is -1.30. The third kappa shape index (κ3) is 3.38. The fourth-order valence-corrected chi connectivity index (χ4v) is 5.37. The molecule has 0 aliphatic carbocycles.